The Balaban J connectivity index is 1.86. The summed E-state index contributed by atoms with van der Waals surface area (Å²) in [7, 11) is 1.63. The molecule has 134 valence electrons. The van der Waals surface area contributed by atoms with Gasteiger partial charge in [-0.15, -0.1) is 0 Å². The van der Waals surface area contributed by atoms with Gasteiger partial charge in [0.1, 0.15) is 6.04 Å². The summed E-state index contributed by atoms with van der Waals surface area (Å²) in [6.45, 7) is 6.03. The first-order chi connectivity index (χ1) is 12.0. The molecule has 2 atom stereocenters. The summed E-state index contributed by atoms with van der Waals surface area (Å²) in [5.41, 5.74) is 0.503. The second kappa shape index (κ2) is 7.18. The van der Waals surface area contributed by atoms with E-state index in [4.69, 9.17) is 14.0 Å². The number of amides is 1. The Bertz CT molecular complexity index is 746. The Morgan fingerprint density at radius 2 is 2.24 bits per heavy atom. The van der Waals surface area contributed by atoms with Gasteiger partial charge in [-0.3, -0.25) is 4.79 Å². The van der Waals surface area contributed by atoms with Crippen LogP contribution in [0.15, 0.2) is 22.9 Å². The number of carbonyl (C=O) groups is 1. The average molecular weight is 346 g/mol. The molecule has 0 bridgehead atoms. The molecule has 1 aliphatic heterocycles. The topological polar surface area (TPSA) is 90.6 Å². The minimum atomic E-state index is -0.304. The highest BCUT2D eigenvalue weighted by Crippen LogP contribution is 2.33. The third-order valence-corrected chi connectivity index (χ3v) is 4.02. The highest BCUT2D eigenvalue weighted by atomic mass is 16.5. The molecule has 8 heteroatoms. The molecule has 0 unspecified atom stereocenters. The number of hydrogen-bond donors (Lipinski definition) is 0. The van der Waals surface area contributed by atoms with Gasteiger partial charge in [0.2, 0.25) is 11.8 Å². The number of pyridine rings is 1. The number of rotatable bonds is 5. The van der Waals surface area contributed by atoms with Gasteiger partial charge in [0.05, 0.1) is 12.2 Å². The summed E-state index contributed by atoms with van der Waals surface area (Å²) in [5, 5.41) is 3.83. The molecule has 0 radical (unpaired) electrons. The van der Waals surface area contributed by atoms with Crippen molar-refractivity contribution in [3.8, 4) is 5.88 Å². The summed E-state index contributed by atoms with van der Waals surface area (Å²) in [6, 6.07) is 3.02. The van der Waals surface area contributed by atoms with E-state index in [0.29, 0.717) is 36.1 Å². The van der Waals surface area contributed by atoms with E-state index in [2.05, 4.69) is 15.1 Å². The molecule has 1 amide bonds. The fraction of sp³-hybridized carbons (Fsp3) is 0.529. The van der Waals surface area contributed by atoms with E-state index in [9.17, 15) is 4.79 Å². The zero-order valence-electron chi connectivity index (χ0n) is 14.8. The van der Waals surface area contributed by atoms with Crippen LogP contribution in [0.5, 0.6) is 5.88 Å². The molecule has 0 aliphatic carbocycles. The van der Waals surface area contributed by atoms with E-state index in [0.717, 1.165) is 0 Å². The molecule has 0 saturated carbocycles. The van der Waals surface area contributed by atoms with Gasteiger partial charge in [0.25, 0.3) is 5.91 Å². The van der Waals surface area contributed by atoms with Crippen LogP contribution in [-0.2, 0) is 4.74 Å². The van der Waals surface area contributed by atoms with Crippen LogP contribution in [0, 0.1) is 6.92 Å². The van der Waals surface area contributed by atoms with E-state index >= 15 is 0 Å². The number of aryl methyl sites for hydroxylation is 1. The molecule has 1 aliphatic rings. The Morgan fingerprint density at radius 1 is 1.44 bits per heavy atom. The lowest BCUT2D eigenvalue weighted by Gasteiger charge is -2.22. The van der Waals surface area contributed by atoms with Crippen molar-refractivity contribution in [2.45, 2.75) is 45.4 Å². The first-order valence-corrected chi connectivity index (χ1v) is 8.24. The van der Waals surface area contributed by atoms with Crippen molar-refractivity contribution in [2.75, 3.05) is 13.7 Å². The van der Waals surface area contributed by atoms with E-state index in [1.54, 1.807) is 37.3 Å². The van der Waals surface area contributed by atoms with E-state index in [1.807, 2.05) is 13.8 Å². The highest BCUT2D eigenvalue weighted by Gasteiger charge is 2.40. The van der Waals surface area contributed by atoms with Gasteiger partial charge in [0.15, 0.2) is 5.82 Å². The lowest BCUT2D eigenvalue weighted by Crippen LogP contribution is -2.32. The van der Waals surface area contributed by atoms with Crippen LogP contribution in [0.2, 0.25) is 0 Å². The minimum absolute atomic E-state index is 0.0170. The van der Waals surface area contributed by atoms with Crippen molar-refractivity contribution >= 4 is 5.91 Å². The third kappa shape index (κ3) is 3.79. The average Bonchev–Trinajstić information content (AvgIpc) is 3.19. The van der Waals surface area contributed by atoms with Crippen LogP contribution in [0.25, 0.3) is 0 Å². The largest absolute Gasteiger partial charge is 0.475 e. The number of carbonyl (C=O) groups excluding carboxylic acids is 1. The zero-order chi connectivity index (χ0) is 18.0. The molecular formula is C17H22N4O4. The first-order valence-electron chi connectivity index (χ1n) is 8.24. The molecule has 3 rings (SSSR count). The number of hydrogen-bond acceptors (Lipinski definition) is 7. The Kier molecular flexibility index (Phi) is 4.98. The standard InChI is InChI=1S/C17H22N4O4/c1-10(2)24-15-7-12(5-6-18-15)17(22)21-9-13(23-4)8-14(21)16-19-11(3)20-25-16/h5-7,10,13-14H,8-9H2,1-4H3/t13-,14+/m0/s1. The maximum Gasteiger partial charge on any atom is 0.254 e. The van der Waals surface area contributed by atoms with Gasteiger partial charge in [-0.1, -0.05) is 5.16 Å². The molecule has 1 saturated heterocycles. The van der Waals surface area contributed by atoms with Crippen molar-refractivity contribution in [3.05, 3.63) is 35.6 Å². The van der Waals surface area contributed by atoms with Crippen molar-refractivity contribution < 1.29 is 18.8 Å². The van der Waals surface area contributed by atoms with Crippen LogP contribution in [0.4, 0.5) is 0 Å². The minimum Gasteiger partial charge on any atom is -0.475 e. The van der Waals surface area contributed by atoms with Gasteiger partial charge >= 0.3 is 0 Å². The number of ether oxygens (including phenoxy) is 2. The molecule has 8 nitrogen and oxygen atoms in total. The smallest absolute Gasteiger partial charge is 0.254 e. The molecule has 1 fully saturated rings. The van der Waals surface area contributed by atoms with E-state index in [-0.39, 0.29) is 24.2 Å². The fourth-order valence-corrected chi connectivity index (χ4v) is 2.89. The van der Waals surface area contributed by atoms with E-state index < -0.39 is 0 Å². The van der Waals surface area contributed by atoms with Crippen molar-refractivity contribution in [1.82, 2.24) is 20.0 Å². The second-order valence-corrected chi connectivity index (χ2v) is 6.30. The predicted octanol–water partition coefficient (Wildman–Crippen LogP) is 2.16. The lowest BCUT2D eigenvalue weighted by atomic mass is 10.1. The second-order valence-electron chi connectivity index (χ2n) is 6.30. The summed E-state index contributed by atoms with van der Waals surface area (Å²) in [4.78, 5) is 23.2. The number of aromatic nitrogens is 3. The van der Waals surface area contributed by atoms with Gasteiger partial charge in [-0.2, -0.15) is 4.98 Å². The molecule has 2 aromatic heterocycles. The zero-order valence-corrected chi connectivity index (χ0v) is 14.8. The first kappa shape index (κ1) is 17.3. The predicted molar refractivity (Wildman–Crippen MR) is 88.2 cm³/mol. The third-order valence-electron chi connectivity index (χ3n) is 4.02. The molecule has 3 heterocycles. The molecule has 0 aromatic carbocycles. The van der Waals surface area contributed by atoms with Crippen molar-refractivity contribution in [3.63, 3.8) is 0 Å². The highest BCUT2D eigenvalue weighted by molar-refractivity contribution is 5.94. The van der Waals surface area contributed by atoms with Gasteiger partial charge in [-0.25, -0.2) is 4.98 Å². The van der Waals surface area contributed by atoms with Crippen LogP contribution in [-0.4, -0.2) is 51.8 Å². The van der Waals surface area contributed by atoms with Gasteiger partial charge in [0, 0.05) is 37.9 Å². The van der Waals surface area contributed by atoms with Crippen molar-refractivity contribution in [1.29, 1.82) is 0 Å². The Hall–Kier alpha value is -2.48. The maximum absolute atomic E-state index is 13.0. The Morgan fingerprint density at radius 3 is 2.88 bits per heavy atom. The quantitative estimate of drug-likeness (QED) is 0.819. The maximum atomic E-state index is 13.0. The normalized spacial score (nSPS) is 20.3. The Labute approximate surface area is 146 Å². The lowest BCUT2D eigenvalue weighted by molar-refractivity contribution is 0.0670. The number of methoxy groups -OCH3 is 1. The molecule has 25 heavy (non-hydrogen) atoms. The van der Waals surface area contributed by atoms with Crippen LogP contribution < -0.4 is 4.74 Å². The fourth-order valence-electron chi connectivity index (χ4n) is 2.89. The number of likely N-dealkylation sites (tertiary alicyclic amines) is 1. The molecule has 2 aromatic rings. The van der Waals surface area contributed by atoms with Crippen LogP contribution in [0.3, 0.4) is 0 Å². The molecule has 0 spiro atoms. The van der Waals surface area contributed by atoms with Gasteiger partial charge in [-0.05, 0) is 26.8 Å². The van der Waals surface area contributed by atoms with E-state index in [1.165, 1.54) is 0 Å². The van der Waals surface area contributed by atoms with Crippen LogP contribution in [0.1, 0.15) is 48.4 Å². The molecular weight excluding hydrogens is 324 g/mol. The summed E-state index contributed by atoms with van der Waals surface area (Å²) in [6.07, 6.45) is 2.09. The summed E-state index contributed by atoms with van der Waals surface area (Å²) < 4.78 is 16.3. The van der Waals surface area contributed by atoms with Gasteiger partial charge < -0.3 is 18.9 Å². The molecule has 0 N–H and O–H groups in total. The van der Waals surface area contributed by atoms with Crippen LogP contribution >= 0.6 is 0 Å². The monoisotopic (exact) mass is 346 g/mol. The van der Waals surface area contributed by atoms with Crippen molar-refractivity contribution in [2.24, 2.45) is 0 Å². The number of nitrogens with zero attached hydrogens (tertiary/aromatic N) is 4. The summed E-state index contributed by atoms with van der Waals surface area (Å²) in [5.74, 6) is 1.25. The SMILES string of the molecule is CO[C@H]1C[C@H](c2nc(C)no2)N(C(=O)c2ccnc(OC(C)C)c2)C1. The summed E-state index contributed by atoms with van der Waals surface area (Å²) >= 11 is 0.